The molecule has 0 saturated carbocycles. The third-order valence-electron chi connectivity index (χ3n) is 2.86. The van der Waals surface area contributed by atoms with Crippen LogP contribution in [0.1, 0.15) is 32.4 Å². The van der Waals surface area contributed by atoms with E-state index in [-0.39, 0.29) is 16.1 Å². The molecule has 0 saturated heterocycles. The van der Waals surface area contributed by atoms with E-state index in [1.165, 1.54) is 4.31 Å². The lowest BCUT2D eigenvalue weighted by Crippen LogP contribution is -2.32. The van der Waals surface area contributed by atoms with E-state index in [2.05, 4.69) is 34.7 Å². The SMILES string of the molecule is C=CCN(CCC)S(=O)(=O)c1cc(CNCCC)oc1Br. The molecule has 0 aliphatic rings. The van der Waals surface area contributed by atoms with E-state index < -0.39 is 10.0 Å². The zero-order chi connectivity index (χ0) is 15.9. The number of nitrogens with zero attached hydrogens (tertiary/aromatic N) is 1. The fourth-order valence-corrected chi connectivity index (χ4v) is 4.35. The minimum atomic E-state index is -3.57. The molecule has 1 heterocycles. The van der Waals surface area contributed by atoms with Crippen molar-refractivity contribution in [3.63, 3.8) is 0 Å². The normalized spacial score (nSPS) is 12.0. The fraction of sp³-hybridized carbons (Fsp3) is 0.571. The summed E-state index contributed by atoms with van der Waals surface area (Å²) in [6.45, 7) is 9.74. The molecule has 1 aromatic heterocycles. The summed E-state index contributed by atoms with van der Waals surface area (Å²) in [5, 5.41) is 3.18. The van der Waals surface area contributed by atoms with E-state index >= 15 is 0 Å². The number of nitrogens with one attached hydrogen (secondary N) is 1. The van der Waals surface area contributed by atoms with Gasteiger partial charge >= 0.3 is 0 Å². The molecule has 0 amide bonds. The quantitative estimate of drug-likeness (QED) is 0.501. The predicted molar refractivity (Wildman–Crippen MR) is 87.7 cm³/mol. The minimum Gasteiger partial charge on any atom is -0.452 e. The van der Waals surface area contributed by atoms with Gasteiger partial charge < -0.3 is 9.73 Å². The first kappa shape index (κ1) is 18.4. The maximum atomic E-state index is 12.6. The summed E-state index contributed by atoms with van der Waals surface area (Å²) in [6, 6.07) is 1.58. The Morgan fingerprint density at radius 2 is 2.14 bits per heavy atom. The van der Waals surface area contributed by atoms with Crippen LogP contribution >= 0.6 is 15.9 Å². The summed E-state index contributed by atoms with van der Waals surface area (Å²) in [5.74, 6) is 0.601. The topological polar surface area (TPSA) is 62.6 Å². The Labute approximate surface area is 135 Å². The van der Waals surface area contributed by atoms with Gasteiger partial charge in [0.1, 0.15) is 10.7 Å². The van der Waals surface area contributed by atoms with Crippen LogP contribution in [0.4, 0.5) is 0 Å². The average molecular weight is 379 g/mol. The van der Waals surface area contributed by atoms with Crippen molar-refractivity contribution in [3.8, 4) is 0 Å². The van der Waals surface area contributed by atoms with Gasteiger partial charge in [-0.1, -0.05) is 19.9 Å². The second kappa shape index (κ2) is 8.73. The van der Waals surface area contributed by atoms with Crippen LogP contribution in [0.3, 0.4) is 0 Å². The number of halogens is 1. The standard InChI is InChI=1S/C14H23BrN2O3S/c1-4-7-16-11-12-10-13(14(15)20-12)21(18,19)17(8-5-2)9-6-3/h5,10,16H,2,4,6-9,11H2,1,3H3. The van der Waals surface area contributed by atoms with Crippen molar-refractivity contribution in [3.05, 3.63) is 29.2 Å². The van der Waals surface area contributed by atoms with Crippen LogP contribution in [0.2, 0.25) is 0 Å². The molecule has 1 rings (SSSR count). The van der Waals surface area contributed by atoms with Crippen molar-refractivity contribution in [2.75, 3.05) is 19.6 Å². The Morgan fingerprint density at radius 1 is 1.43 bits per heavy atom. The maximum Gasteiger partial charge on any atom is 0.247 e. The molecule has 0 bridgehead atoms. The monoisotopic (exact) mass is 378 g/mol. The van der Waals surface area contributed by atoms with Gasteiger partial charge in [-0.2, -0.15) is 4.31 Å². The van der Waals surface area contributed by atoms with Crippen molar-refractivity contribution in [1.29, 1.82) is 0 Å². The van der Waals surface area contributed by atoms with Crippen LogP contribution in [0.15, 0.2) is 32.7 Å². The van der Waals surface area contributed by atoms with Crippen molar-refractivity contribution in [1.82, 2.24) is 9.62 Å². The predicted octanol–water partition coefficient (Wildman–Crippen LogP) is 3.13. The van der Waals surface area contributed by atoms with Crippen LogP contribution in [0.5, 0.6) is 0 Å². The van der Waals surface area contributed by atoms with Gasteiger partial charge in [-0.25, -0.2) is 8.42 Å². The Kier molecular flexibility index (Phi) is 7.65. The lowest BCUT2D eigenvalue weighted by Gasteiger charge is -2.19. The van der Waals surface area contributed by atoms with Gasteiger partial charge in [0.2, 0.25) is 10.0 Å². The summed E-state index contributed by atoms with van der Waals surface area (Å²) >= 11 is 3.21. The summed E-state index contributed by atoms with van der Waals surface area (Å²) in [7, 11) is -3.57. The maximum absolute atomic E-state index is 12.6. The van der Waals surface area contributed by atoms with Crippen LogP contribution in [0, 0.1) is 0 Å². The van der Waals surface area contributed by atoms with Gasteiger partial charge in [0.15, 0.2) is 4.67 Å². The molecule has 0 aliphatic heterocycles. The second-order valence-electron chi connectivity index (χ2n) is 4.68. The van der Waals surface area contributed by atoms with E-state index in [0.29, 0.717) is 18.8 Å². The fourth-order valence-electron chi connectivity index (χ4n) is 1.89. The van der Waals surface area contributed by atoms with E-state index in [0.717, 1.165) is 19.4 Å². The molecule has 120 valence electrons. The number of hydrogen-bond acceptors (Lipinski definition) is 4. The van der Waals surface area contributed by atoms with Crippen LogP contribution < -0.4 is 5.32 Å². The minimum absolute atomic E-state index is 0.172. The third-order valence-corrected chi connectivity index (χ3v) is 5.58. The number of furan rings is 1. The molecular weight excluding hydrogens is 356 g/mol. The van der Waals surface area contributed by atoms with E-state index in [1.54, 1.807) is 12.1 Å². The first-order valence-electron chi connectivity index (χ1n) is 7.07. The van der Waals surface area contributed by atoms with Crippen molar-refractivity contribution >= 4 is 26.0 Å². The summed E-state index contributed by atoms with van der Waals surface area (Å²) in [6.07, 6.45) is 3.34. The van der Waals surface area contributed by atoms with Crippen LogP contribution in [-0.2, 0) is 16.6 Å². The van der Waals surface area contributed by atoms with Gasteiger partial charge in [0.05, 0.1) is 6.54 Å². The van der Waals surface area contributed by atoms with Gasteiger partial charge in [-0.15, -0.1) is 6.58 Å². The first-order chi connectivity index (χ1) is 9.97. The third kappa shape index (κ3) is 4.95. The molecule has 0 spiro atoms. The molecule has 0 unspecified atom stereocenters. The number of rotatable bonds is 10. The molecule has 0 fully saturated rings. The highest BCUT2D eigenvalue weighted by molar-refractivity contribution is 9.10. The highest BCUT2D eigenvalue weighted by Crippen LogP contribution is 2.29. The van der Waals surface area contributed by atoms with Crippen LogP contribution in [0.25, 0.3) is 0 Å². The molecule has 0 atom stereocenters. The molecule has 0 aliphatic carbocycles. The molecular formula is C14H23BrN2O3S. The van der Waals surface area contributed by atoms with Crippen molar-refractivity contribution < 1.29 is 12.8 Å². The van der Waals surface area contributed by atoms with E-state index in [9.17, 15) is 8.42 Å². The van der Waals surface area contributed by atoms with Gasteiger partial charge in [0, 0.05) is 19.2 Å². The zero-order valence-corrected chi connectivity index (χ0v) is 15.0. The largest absolute Gasteiger partial charge is 0.452 e. The summed E-state index contributed by atoms with van der Waals surface area (Å²) in [4.78, 5) is 0.172. The average Bonchev–Trinajstić information content (AvgIpc) is 2.81. The summed E-state index contributed by atoms with van der Waals surface area (Å²) < 4.78 is 32.4. The Hall–Kier alpha value is -0.630. The Bertz CT molecular complexity index is 555. The lowest BCUT2D eigenvalue weighted by atomic mass is 10.4. The van der Waals surface area contributed by atoms with Gasteiger partial charge in [-0.05, 0) is 35.3 Å². The lowest BCUT2D eigenvalue weighted by molar-refractivity contribution is 0.435. The molecule has 5 nitrogen and oxygen atoms in total. The highest BCUT2D eigenvalue weighted by atomic mass is 79.9. The Balaban J connectivity index is 2.98. The first-order valence-corrected chi connectivity index (χ1v) is 9.30. The van der Waals surface area contributed by atoms with Gasteiger partial charge in [-0.3, -0.25) is 0 Å². The van der Waals surface area contributed by atoms with Crippen LogP contribution in [-0.4, -0.2) is 32.4 Å². The number of hydrogen-bond donors (Lipinski definition) is 1. The molecule has 1 N–H and O–H groups in total. The second-order valence-corrected chi connectivity index (χ2v) is 7.31. The molecule has 0 radical (unpaired) electrons. The zero-order valence-electron chi connectivity index (χ0n) is 12.6. The molecule has 21 heavy (non-hydrogen) atoms. The van der Waals surface area contributed by atoms with E-state index in [1.807, 2.05) is 6.92 Å². The highest BCUT2D eigenvalue weighted by Gasteiger charge is 2.28. The number of sulfonamides is 1. The molecule has 0 aromatic carbocycles. The smallest absolute Gasteiger partial charge is 0.247 e. The summed E-state index contributed by atoms with van der Waals surface area (Å²) in [5.41, 5.74) is 0. The van der Waals surface area contributed by atoms with Crippen molar-refractivity contribution in [2.24, 2.45) is 0 Å². The van der Waals surface area contributed by atoms with Gasteiger partial charge in [0.25, 0.3) is 0 Å². The molecule has 1 aromatic rings. The molecule has 7 heteroatoms. The van der Waals surface area contributed by atoms with E-state index in [4.69, 9.17) is 4.42 Å². The van der Waals surface area contributed by atoms with Crippen molar-refractivity contribution in [2.45, 2.75) is 38.1 Å². The Morgan fingerprint density at radius 3 is 2.71 bits per heavy atom.